The van der Waals surface area contributed by atoms with Gasteiger partial charge in [-0.3, -0.25) is 0 Å². The van der Waals surface area contributed by atoms with Gasteiger partial charge in [0.2, 0.25) is 0 Å². The molecule has 0 aromatic carbocycles. The van der Waals surface area contributed by atoms with Gasteiger partial charge in [-0.1, -0.05) is 47.0 Å². The van der Waals surface area contributed by atoms with Crippen LogP contribution in [-0.2, 0) is 0 Å². The van der Waals surface area contributed by atoms with E-state index in [2.05, 4.69) is 13.8 Å². The third kappa shape index (κ3) is 2.00. The standard InChI is InChI=1S/C8H16.CH4/c1-3-8-6-4-5-7(8)2;/h7-8H,3-6H2,1-2H3;1H4. The van der Waals surface area contributed by atoms with E-state index in [0.29, 0.717) is 0 Å². The molecule has 0 spiro atoms. The molecular weight excluding hydrogens is 108 g/mol. The average molecular weight is 128 g/mol. The Morgan fingerprint density at radius 2 is 2.00 bits per heavy atom. The molecule has 2 unspecified atom stereocenters. The van der Waals surface area contributed by atoms with Crippen molar-refractivity contribution in [3.8, 4) is 0 Å². The molecule has 0 radical (unpaired) electrons. The molecule has 0 heteroatoms. The zero-order valence-electron chi connectivity index (χ0n) is 5.98. The van der Waals surface area contributed by atoms with Crippen LogP contribution in [0.25, 0.3) is 0 Å². The lowest BCUT2D eigenvalue weighted by Gasteiger charge is -2.10. The van der Waals surface area contributed by atoms with E-state index in [9.17, 15) is 0 Å². The van der Waals surface area contributed by atoms with Gasteiger partial charge in [-0.15, -0.1) is 0 Å². The van der Waals surface area contributed by atoms with Crippen molar-refractivity contribution in [1.29, 1.82) is 0 Å². The third-order valence-electron chi connectivity index (χ3n) is 2.56. The van der Waals surface area contributed by atoms with Gasteiger partial charge in [0.05, 0.1) is 0 Å². The van der Waals surface area contributed by atoms with Gasteiger partial charge in [-0.05, 0) is 11.8 Å². The maximum Gasteiger partial charge on any atom is -0.0391 e. The Bertz CT molecular complexity index is 66.4. The van der Waals surface area contributed by atoms with Crippen molar-refractivity contribution in [3.05, 3.63) is 0 Å². The fraction of sp³-hybridized carbons (Fsp3) is 1.00. The second-order valence-electron chi connectivity index (χ2n) is 3.08. The highest BCUT2D eigenvalue weighted by Crippen LogP contribution is 2.32. The predicted molar refractivity (Wildman–Crippen MR) is 43.5 cm³/mol. The molecule has 1 rings (SSSR count). The Kier molecular flexibility index (Phi) is 3.92. The first-order valence-electron chi connectivity index (χ1n) is 3.84. The molecule has 0 N–H and O–H groups in total. The topological polar surface area (TPSA) is 0 Å². The van der Waals surface area contributed by atoms with E-state index in [1.807, 2.05) is 0 Å². The van der Waals surface area contributed by atoms with Crippen molar-refractivity contribution in [2.75, 3.05) is 0 Å². The van der Waals surface area contributed by atoms with E-state index < -0.39 is 0 Å². The van der Waals surface area contributed by atoms with Crippen LogP contribution in [0.3, 0.4) is 0 Å². The van der Waals surface area contributed by atoms with Crippen LogP contribution in [0.5, 0.6) is 0 Å². The molecule has 0 saturated heterocycles. The van der Waals surface area contributed by atoms with Gasteiger partial charge < -0.3 is 0 Å². The zero-order chi connectivity index (χ0) is 5.98. The molecule has 0 heterocycles. The maximum atomic E-state index is 2.39. The van der Waals surface area contributed by atoms with E-state index in [-0.39, 0.29) is 7.43 Å². The summed E-state index contributed by atoms with van der Waals surface area (Å²) in [6, 6.07) is 0. The quantitative estimate of drug-likeness (QED) is 0.507. The number of rotatable bonds is 1. The van der Waals surface area contributed by atoms with Crippen LogP contribution in [0.15, 0.2) is 0 Å². The summed E-state index contributed by atoms with van der Waals surface area (Å²) in [5, 5.41) is 0. The molecule has 1 fully saturated rings. The van der Waals surface area contributed by atoms with Crippen LogP contribution in [0.4, 0.5) is 0 Å². The molecular formula is C9H20. The summed E-state index contributed by atoms with van der Waals surface area (Å²) in [6.07, 6.45) is 5.87. The van der Waals surface area contributed by atoms with Crippen molar-refractivity contribution in [2.24, 2.45) is 11.8 Å². The summed E-state index contributed by atoms with van der Waals surface area (Å²) >= 11 is 0. The van der Waals surface area contributed by atoms with Crippen molar-refractivity contribution >= 4 is 0 Å². The Hall–Kier alpha value is 0. The molecule has 2 atom stereocenters. The molecule has 0 aromatic heterocycles. The first-order chi connectivity index (χ1) is 3.84. The number of hydrogen-bond donors (Lipinski definition) is 0. The highest BCUT2D eigenvalue weighted by Gasteiger charge is 2.20. The minimum Gasteiger partial charge on any atom is -0.0776 e. The van der Waals surface area contributed by atoms with Crippen LogP contribution in [0.2, 0.25) is 0 Å². The van der Waals surface area contributed by atoms with E-state index in [1.54, 1.807) is 0 Å². The highest BCUT2D eigenvalue weighted by atomic mass is 14.3. The smallest absolute Gasteiger partial charge is 0.0391 e. The average Bonchev–Trinajstić information content (AvgIpc) is 2.14. The van der Waals surface area contributed by atoms with Crippen LogP contribution in [0.1, 0.15) is 47.0 Å². The van der Waals surface area contributed by atoms with Gasteiger partial charge in [-0.2, -0.15) is 0 Å². The molecule has 1 aliphatic carbocycles. The molecule has 9 heavy (non-hydrogen) atoms. The Balaban J connectivity index is 0.000000640. The summed E-state index contributed by atoms with van der Waals surface area (Å²) in [4.78, 5) is 0. The highest BCUT2D eigenvalue weighted by molar-refractivity contribution is 4.72. The zero-order valence-corrected chi connectivity index (χ0v) is 5.98. The number of hydrogen-bond acceptors (Lipinski definition) is 0. The molecule has 1 aliphatic rings. The molecule has 0 aromatic rings. The molecule has 0 nitrogen and oxygen atoms in total. The lowest BCUT2D eigenvalue weighted by molar-refractivity contribution is 0.407. The van der Waals surface area contributed by atoms with Gasteiger partial charge in [0.1, 0.15) is 0 Å². The monoisotopic (exact) mass is 128 g/mol. The lowest BCUT2D eigenvalue weighted by Crippen LogP contribution is -2.00. The van der Waals surface area contributed by atoms with Gasteiger partial charge in [0.15, 0.2) is 0 Å². The van der Waals surface area contributed by atoms with Crippen LogP contribution < -0.4 is 0 Å². The van der Waals surface area contributed by atoms with Gasteiger partial charge >= 0.3 is 0 Å². The summed E-state index contributed by atoms with van der Waals surface area (Å²) in [5.41, 5.74) is 0. The molecule has 0 aliphatic heterocycles. The van der Waals surface area contributed by atoms with E-state index in [0.717, 1.165) is 11.8 Å². The summed E-state index contributed by atoms with van der Waals surface area (Å²) in [7, 11) is 0. The molecule has 1 saturated carbocycles. The van der Waals surface area contributed by atoms with E-state index in [1.165, 1.54) is 25.7 Å². The fourth-order valence-electron chi connectivity index (χ4n) is 1.83. The van der Waals surface area contributed by atoms with Gasteiger partial charge in [0, 0.05) is 0 Å². The van der Waals surface area contributed by atoms with Crippen LogP contribution >= 0.6 is 0 Å². The fourth-order valence-corrected chi connectivity index (χ4v) is 1.83. The van der Waals surface area contributed by atoms with Crippen LogP contribution in [-0.4, -0.2) is 0 Å². The van der Waals surface area contributed by atoms with Crippen molar-refractivity contribution < 1.29 is 0 Å². The third-order valence-corrected chi connectivity index (χ3v) is 2.56. The first kappa shape index (κ1) is 9.00. The SMILES string of the molecule is C.CCC1CCCC1C. The molecule has 0 bridgehead atoms. The minimum atomic E-state index is 0. The minimum absolute atomic E-state index is 0. The van der Waals surface area contributed by atoms with Crippen molar-refractivity contribution in [3.63, 3.8) is 0 Å². The predicted octanol–water partition coefficient (Wildman–Crippen LogP) is 3.47. The van der Waals surface area contributed by atoms with Gasteiger partial charge in [-0.25, -0.2) is 0 Å². The van der Waals surface area contributed by atoms with E-state index in [4.69, 9.17) is 0 Å². The Morgan fingerprint density at radius 3 is 2.22 bits per heavy atom. The Morgan fingerprint density at radius 1 is 1.33 bits per heavy atom. The second-order valence-corrected chi connectivity index (χ2v) is 3.08. The van der Waals surface area contributed by atoms with Gasteiger partial charge in [0.25, 0.3) is 0 Å². The largest absolute Gasteiger partial charge is 0.0776 e. The van der Waals surface area contributed by atoms with E-state index >= 15 is 0 Å². The molecule has 56 valence electrons. The second kappa shape index (κ2) is 3.92. The van der Waals surface area contributed by atoms with Crippen molar-refractivity contribution in [2.45, 2.75) is 47.0 Å². The molecule has 0 amide bonds. The summed E-state index contributed by atoms with van der Waals surface area (Å²) < 4.78 is 0. The Labute approximate surface area is 59.7 Å². The first-order valence-corrected chi connectivity index (χ1v) is 3.84. The summed E-state index contributed by atoms with van der Waals surface area (Å²) in [6.45, 7) is 4.70. The maximum absolute atomic E-state index is 2.39. The van der Waals surface area contributed by atoms with Crippen molar-refractivity contribution in [1.82, 2.24) is 0 Å². The lowest BCUT2D eigenvalue weighted by atomic mass is 9.96. The normalized spacial score (nSPS) is 34.0. The summed E-state index contributed by atoms with van der Waals surface area (Å²) in [5.74, 6) is 2.09. The van der Waals surface area contributed by atoms with Crippen LogP contribution in [0, 0.1) is 11.8 Å².